The van der Waals surface area contributed by atoms with Gasteiger partial charge in [-0.2, -0.15) is 0 Å². The normalized spacial score (nSPS) is 15.9. The first-order chi connectivity index (χ1) is 8.78. The van der Waals surface area contributed by atoms with E-state index in [4.69, 9.17) is 20.3 Å². The van der Waals surface area contributed by atoms with Crippen LogP contribution < -0.4 is 15.2 Å². The van der Waals surface area contributed by atoms with Crippen LogP contribution in [0.25, 0.3) is 11.0 Å². The Hall–Kier alpha value is -1.79. The summed E-state index contributed by atoms with van der Waals surface area (Å²) in [4.78, 5) is 7.56. The van der Waals surface area contributed by atoms with E-state index in [0.29, 0.717) is 31.2 Å². The summed E-state index contributed by atoms with van der Waals surface area (Å²) in [6.45, 7) is 1.16. The third-order valence-electron chi connectivity index (χ3n) is 2.96. The molecule has 0 aliphatic carbocycles. The van der Waals surface area contributed by atoms with Gasteiger partial charge in [0.2, 0.25) is 0 Å². The molecule has 2 heterocycles. The summed E-state index contributed by atoms with van der Waals surface area (Å²) in [5.41, 5.74) is 7.56. The van der Waals surface area contributed by atoms with Crippen molar-refractivity contribution in [3.63, 3.8) is 0 Å². The highest BCUT2D eigenvalue weighted by Crippen LogP contribution is 2.34. The van der Waals surface area contributed by atoms with E-state index in [1.807, 2.05) is 12.1 Å². The van der Waals surface area contributed by atoms with Crippen LogP contribution in [0.3, 0.4) is 0 Å². The van der Waals surface area contributed by atoms with Gasteiger partial charge in [-0.1, -0.05) is 0 Å². The van der Waals surface area contributed by atoms with Crippen molar-refractivity contribution in [2.45, 2.75) is 12.5 Å². The molecule has 0 bridgehead atoms. The Labute approximate surface area is 104 Å². The van der Waals surface area contributed by atoms with Gasteiger partial charge < -0.3 is 25.3 Å². The van der Waals surface area contributed by atoms with Crippen LogP contribution in [0, 0.1) is 0 Å². The van der Waals surface area contributed by atoms with Crippen LogP contribution in [-0.4, -0.2) is 34.9 Å². The first kappa shape index (κ1) is 11.3. The molecular weight excluding hydrogens is 234 g/mol. The second-order valence-electron chi connectivity index (χ2n) is 4.25. The summed E-state index contributed by atoms with van der Waals surface area (Å²) in [5.74, 6) is 2.10. The van der Waals surface area contributed by atoms with Gasteiger partial charge in [0, 0.05) is 18.7 Å². The number of H-pyrrole nitrogens is 1. The summed E-state index contributed by atoms with van der Waals surface area (Å²) in [7, 11) is 0. The number of aliphatic hydroxyl groups is 1. The first-order valence-electron chi connectivity index (χ1n) is 5.93. The lowest BCUT2D eigenvalue weighted by molar-refractivity contribution is 0.172. The van der Waals surface area contributed by atoms with Gasteiger partial charge in [0.05, 0.1) is 17.1 Å². The first-order valence-corrected chi connectivity index (χ1v) is 5.93. The van der Waals surface area contributed by atoms with E-state index in [1.165, 1.54) is 0 Å². The molecule has 6 nitrogen and oxygen atoms in total. The second kappa shape index (κ2) is 4.47. The van der Waals surface area contributed by atoms with Gasteiger partial charge in [0.15, 0.2) is 11.5 Å². The Morgan fingerprint density at radius 1 is 1.33 bits per heavy atom. The molecule has 3 rings (SSSR count). The molecule has 0 spiro atoms. The Balaban J connectivity index is 2.01. The maximum Gasteiger partial charge on any atom is 0.163 e. The molecule has 0 saturated heterocycles. The van der Waals surface area contributed by atoms with Crippen molar-refractivity contribution in [2.75, 3.05) is 19.8 Å². The van der Waals surface area contributed by atoms with Crippen molar-refractivity contribution in [3.05, 3.63) is 18.0 Å². The van der Waals surface area contributed by atoms with Crippen molar-refractivity contribution >= 4 is 11.0 Å². The number of aromatic nitrogens is 2. The van der Waals surface area contributed by atoms with E-state index in [0.717, 1.165) is 16.8 Å². The van der Waals surface area contributed by atoms with Crippen molar-refractivity contribution in [2.24, 2.45) is 5.73 Å². The number of ether oxygens (including phenoxy) is 2. The Kier molecular flexibility index (Phi) is 2.81. The Morgan fingerprint density at radius 2 is 2.06 bits per heavy atom. The van der Waals surface area contributed by atoms with E-state index in [9.17, 15) is 0 Å². The second-order valence-corrected chi connectivity index (χ2v) is 4.25. The monoisotopic (exact) mass is 249 g/mol. The van der Waals surface area contributed by atoms with Crippen molar-refractivity contribution in [1.29, 1.82) is 0 Å². The minimum absolute atomic E-state index is 0.0426. The Bertz CT molecular complexity index is 524. The molecule has 1 aliphatic rings. The molecule has 1 aliphatic heterocycles. The summed E-state index contributed by atoms with van der Waals surface area (Å²) in [6, 6.07) is 3.42. The topological polar surface area (TPSA) is 93.4 Å². The highest BCUT2D eigenvalue weighted by molar-refractivity contribution is 5.80. The van der Waals surface area contributed by atoms with Gasteiger partial charge in [0.25, 0.3) is 0 Å². The van der Waals surface area contributed by atoms with Gasteiger partial charge in [-0.15, -0.1) is 0 Å². The van der Waals surface area contributed by atoms with Gasteiger partial charge in [0.1, 0.15) is 19.0 Å². The average molecular weight is 249 g/mol. The zero-order chi connectivity index (χ0) is 12.5. The summed E-state index contributed by atoms with van der Waals surface area (Å²) < 4.78 is 11.0. The van der Waals surface area contributed by atoms with Crippen LogP contribution in [0.5, 0.6) is 11.5 Å². The molecule has 96 valence electrons. The maximum atomic E-state index is 8.88. The van der Waals surface area contributed by atoms with Crippen LogP contribution in [0.2, 0.25) is 0 Å². The maximum absolute atomic E-state index is 8.88. The minimum atomic E-state index is -0.290. The van der Waals surface area contributed by atoms with E-state index < -0.39 is 0 Å². The van der Waals surface area contributed by atoms with E-state index in [-0.39, 0.29) is 12.6 Å². The predicted molar refractivity (Wildman–Crippen MR) is 65.7 cm³/mol. The Morgan fingerprint density at radius 3 is 2.78 bits per heavy atom. The van der Waals surface area contributed by atoms with Crippen molar-refractivity contribution < 1.29 is 14.6 Å². The fraction of sp³-hybridized carbons (Fsp3) is 0.417. The number of hydrogen-bond donors (Lipinski definition) is 3. The number of nitrogens with zero attached hydrogens (tertiary/aromatic N) is 1. The molecule has 18 heavy (non-hydrogen) atoms. The van der Waals surface area contributed by atoms with E-state index >= 15 is 0 Å². The van der Waals surface area contributed by atoms with Crippen LogP contribution in [0.1, 0.15) is 18.3 Å². The lowest BCUT2D eigenvalue weighted by Gasteiger charge is -2.17. The molecule has 4 N–H and O–H groups in total. The van der Waals surface area contributed by atoms with Crippen LogP contribution in [0.15, 0.2) is 12.1 Å². The van der Waals surface area contributed by atoms with Gasteiger partial charge in [-0.25, -0.2) is 4.98 Å². The zero-order valence-corrected chi connectivity index (χ0v) is 9.85. The molecule has 1 atom stereocenters. The number of imidazole rings is 1. The fourth-order valence-corrected chi connectivity index (χ4v) is 2.02. The standard InChI is InChI=1S/C12H15N3O3/c13-7(1-2-16)12-14-8-5-10-11(6-9(8)15-12)18-4-3-17-10/h5-7,16H,1-4,13H2,(H,14,15). The van der Waals surface area contributed by atoms with Crippen molar-refractivity contribution in [3.8, 4) is 11.5 Å². The van der Waals surface area contributed by atoms with E-state index in [2.05, 4.69) is 9.97 Å². The largest absolute Gasteiger partial charge is 0.486 e. The SMILES string of the molecule is NC(CCO)c1nc2cc3c(cc2[nH]1)OCCO3. The zero-order valence-electron chi connectivity index (χ0n) is 9.85. The molecule has 1 unspecified atom stereocenters. The molecule has 0 saturated carbocycles. The van der Waals surface area contributed by atoms with E-state index in [1.54, 1.807) is 0 Å². The molecule has 1 aromatic heterocycles. The fourth-order valence-electron chi connectivity index (χ4n) is 2.02. The molecule has 1 aromatic carbocycles. The number of rotatable bonds is 3. The average Bonchev–Trinajstić information content (AvgIpc) is 2.79. The molecule has 6 heteroatoms. The molecule has 2 aromatic rings. The third kappa shape index (κ3) is 1.89. The van der Waals surface area contributed by atoms with Crippen LogP contribution >= 0.6 is 0 Å². The number of aromatic amines is 1. The van der Waals surface area contributed by atoms with Crippen LogP contribution in [0.4, 0.5) is 0 Å². The number of hydrogen-bond acceptors (Lipinski definition) is 5. The summed E-state index contributed by atoms with van der Waals surface area (Å²) >= 11 is 0. The minimum Gasteiger partial charge on any atom is -0.486 e. The summed E-state index contributed by atoms with van der Waals surface area (Å²) in [5, 5.41) is 8.88. The lowest BCUT2D eigenvalue weighted by atomic mass is 10.2. The number of aliphatic hydroxyl groups excluding tert-OH is 1. The smallest absolute Gasteiger partial charge is 0.163 e. The number of fused-ring (bicyclic) bond motifs is 2. The number of nitrogens with two attached hydrogens (primary N) is 1. The highest BCUT2D eigenvalue weighted by atomic mass is 16.6. The quantitative estimate of drug-likeness (QED) is 0.745. The molecule has 0 fully saturated rings. The molecule has 0 amide bonds. The highest BCUT2D eigenvalue weighted by Gasteiger charge is 2.16. The molecular formula is C12H15N3O3. The third-order valence-corrected chi connectivity index (χ3v) is 2.96. The molecule has 0 radical (unpaired) electrons. The van der Waals surface area contributed by atoms with Gasteiger partial charge >= 0.3 is 0 Å². The predicted octanol–water partition coefficient (Wildman–Crippen LogP) is 0.716. The van der Waals surface area contributed by atoms with Gasteiger partial charge in [-0.3, -0.25) is 0 Å². The number of benzene rings is 1. The lowest BCUT2D eigenvalue weighted by Crippen LogP contribution is -2.15. The number of nitrogens with one attached hydrogen (secondary N) is 1. The van der Waals surface area contributed by atoms with Crippen LogP contribution in [-0.2, 0) is 0 Å². The van der Waals surface area contributed by atoms with Gasteiger partial charge in [-0.05, 0) is 6.42 Å². The van der Waals surface area contributed by atoms with Crippen molar-refractivity contribution in [1.82, 2.24) is 9.97 Å². The summed E-state index contributed by atoms with van der Waals surface area (Å²) in [6.07, 6.45) is 0.479.